The largest absolute Gasteiger partial charge is 0.378 e. The number of hydrogen-bond acceptors (Lipinski definition) is 6. The number of nitrogens with one attached hydrogen (secondary N) is 1. The molecule has 2 aliphatic rings. The molecule has 0 spiro atoms. The van der Waals surface area contributed by atoms with Crippen LogP contribution < -0.4 is 5.32 Å². The zero-order chi connectivity index (χ0) is 20.4. The Bertz CT molecular complexity index is 912. The molecular formula is C19H26N6O4. The highest BCUT2D eigenvalue weighted by Gasteiger charge is 2.29. The lowest BCUT2D eigenvalue weighted by molar-refractivity contribution is 0.0294. The third-order valence-corrected chi connectivity index (χ3v) is 5.24. The number of fused-ring (bicyclic) bond motifs is 1. The number of rotatable bonds is 5. The molecule has 1 fully saturated rings. The highest BCUT2D eigenvalue weighted by Crippen LogP contribution is 2.22. The van der Waals surface area contributed by atoms with E-state index in [9.17, 15) is 9.59 Å². The van der Waals surface area contributed by atoms with Crippen LogP contribution in [0.15, 0.2) is 6.07 Å². The van der Waals surface area contributed by atoms with E-state index in [0.29, 0.717) is 70.4 Å². The van der Waals surface area contributed by atoms with E-state index in [1.165, 1.54) is 0 Å². The van der Waals surface area contributed by atoms with Gasteiger partial charge in [-0.25, -0.2) is 0 Å². The normalized spacial score (nSPS) is 16.6. The number of carbonyl (C=O) groups excluding carboxylic acids is 2. The number of ether oxygens (including phenoxy) is 2. The van der Waals surface area contributed by atoms with Gasteiger partial charge in [0.05, 0.1) is 38.7 Å². The molecule has 1 saturated heterocycles. The monoisotopic (exact) mass is 402 g/mol. The van der Waals surface area contributed by atoms with E-state index < -0.39 is 0 Å². The molecule has 0 atom stereocenters. The van der Waals surface area contributed by atoms with Gasteiger partial charge in [-0.3, -0.25) is 19.0 Å². The summed E-state index contributed by atoms with van der Waals surface area (Å²) in [5.41, 5.74) is 3.64. The molecule has 2 amide bonds. The van der Waals surface area contributed by atoms with Crippen LogP contribution in [0, 0.1) is 6.92 Å². The minimum Gasteiger partial charge on any atom is -0.378 e. The number of amides is 2. The van der Waals surface area contributed by atoms with Crippen molar-refractivity contribution in [2.45, 2.75) is 26.5 Å². The van der Waals surface area contributed by atoms with Gasteiger partial charge in [0, 0.05) is 44.4 Å². The SMILES string of the molecule is Cc1cc(C(=O)NCCn2nc(C(=O)N3CCOCC3)c3c2CCOC3)n(C)n1. The minimum absolute atomic E-state index is 0.0804. The summed E-state index contributed by atoms with van der Waals surface area (Å²) in [4.78, 5) is 27.1. The molecule has 156 valence electrons. The number of morpholine rings is 1. The molecule has 0 unspecified atom stereocenters. The zero-order valence-electron chi connectivity index (χ0n) is 16.8. The maximum absolute atomic E-state index is 13.0. The standard InChI is InChI=1S/C19H26N6O4/c1-13-11-16(23(2)21-13)18(26)20-4-5-25-15-3-8-29-12-14(15)17(22-25)19(27)24-6-9-28-10-7-24/h11H,3-10,12H2,1-2H3,(H,20,26). The Balaban J connectivity index is 1.46. The van der Waals surface area contributed by atoms with Crippen LogP contribution in [0.5, 0.6) is 0 Å². The van der Waals surface area contributed by atoms with Crippen LogP contribution in [-0.2, 0) is 36.1 Å². The molecule has 4 rings (SSSR count). The quantitative estimate of drug-likeness (QED) is 0.749. The second-order valence-corrected chi connectivity index (χ2v) is 7.25. The molecule has 4 heterocycles. The summed E-state index contributed by atoms with van der Waals surface area (Å²) in [5.74, 6) is -0.259. The van der Waals surface area contributed by atoms with Gasteiger partial charge in [-0.15, -0.1) is 0 Å². The Morgan fingerprint density at radius 1 is 1.17 bits per heavy atom. The van der Waals surface area contributed by atoms with Crippen LogP contribution in [0.4, 0.5) is 0 Å². The molecule has 0 aliphatic carbocycles. The van der Waals surface area contributed by atoms with E-state index in [0.717, 1.165) is 17.0 Å². The molecule has 0 saturated carbocycles. The Morgan fingerprint density at radius 3 is 2.69 bits per heavy atom. The predicted octanol–water partition coefficient (Wildman–Crippen LogP) is -0.0999. The first-order valence-electron chi connectivity index (χ1n) is 9.86. The lowest BCUT2D eigenvalue weighted by Gasteiger charge is -2.26. The van der Waals surface area contributed by atoms with E-state index in [2.05, 4.69) is 15.5 Å². The Kier molecular flexibility index (Phi) is 5.63. The van der Waals surface area contributed by atoms with E-state index in [4.69, 9.17) is 9.47 Å². The summed E-state index contributed by atoms with van der Waals surface area (Å²) in [6.45, 7) is 5.97. The second-order valence-electron chi connectivity index (χ2n) is 7.25. The van der Waals surface area contributed by atoms with Gasteiger partial charge in [0.25, 0.3) is 11.8 Å². The van der Waals surface area contributed by atoms with Crippen molar-refractivity contribution in [2.24, 2.45) is 7.05 Å². The molecule has 0 bridgehead atoms. The molecule has 0 aromatic carbocycles. The number of aryl methyl sites for hydroxylation is 2. The maximum atomic E-state index is 13.0. The van der Waals surface area contributed by atoms with Crippen molar-refractivity contribution in [2.75, 3.05) is 39.5 Å². The Hall–Kier alpha value is -2.72. The van der Waals surface area contributed by atoms with Crippen LogP contribution in [-0.4, -0.2) is 75.7 Å². The summed E-state index contributed by atoms with van der Waals surface area (Å²) >= 11 is 0. The molecule has 2 aromatic heterocycles. The highest BCUT2D eigenvalue weighted by atomic mass is 16.5. The van der Waals surface area contributed by atoms with Crippen molar-refractivity contribution in [1.29, 1.82) is 0 Å². The maximum Gasteiger partial charge on any atom is 0.274 e. The average Bonchev–Trinajstić information content (AvgIpc) is 3.27. The van der Waals surface area contributed by atoms with Gasteiger partial charge in [-0.05, 0) is 13.0 Å². The molecule has 10 heteroatoms. The minimum atomic E-state index is -0.179. The van der Waals surface area contributed by atoms with E-state index in [-0.39, 0.29) is 11.8 Å². The van der Waals surface area contributed by atoms with Crippen molar-refractivity contribution in [1.82, 2.24) is 29.8 Å². The van der Waals surface area contributed by atoms with Crippen LogP contribution in [0.3, 0.4) is 0 Å². The van der Waals surface area contributed by atoms with Crippen molar-refractivity contribution >= 4 is 11.8 Å². The number of nitrogens with zero attached hydrogens (tertiary/aromatic N) is 5. The van der Waals surface area contributed by atoms with Gasteiger partial charge in [0.2, 0.25) is 0 Å². The molecule has 29 heavy (non-hydrogen) atoms. The van der Waals surface area contributed by atoms with Crippen molar-refractivity contribution in [3.8, 4) is 0 Å². The Morgan fingerprint density at radius 2 is 1.97 bits per heavy atom. The fourth-order valence-electron chi connectivity index (χ4n) is 3.77. The average molecular weight is 402 g/mol. The summed E-state index contributed by atoms with van der Waals surface area (Å²) in [7, 11) is 1.75. The van der Waals surface area contributed by atoms with E-state index in [1.54, 1.807) is 22.7 Å². The first-order valence-corrected chi connectivity index (χ1v) is 9.86. The molecule has 2 aromatic rings. The summed E-state index contributed by atoms with van der Waals surface area (Å²) in [6, 6.07) is 1.75. The van der Waals surface area contributed by atoms with Gasteiger partial charge in [0.1, 0.15) is 5.69 Å². The van der Waals surface area contributed by atoms with Gasteiger partial charge in [-0.2, -0.15) is 10.2 Å². The smallest absolute Gasteiger partial charge is 0.274 e. The van der Waals surface area contributed by atoms with Crippen LogP contribution in [0.1, 0.15) is 37.9 Å². The van der Waals surface area contributed by atoms with Gasteiger partial charge < -0.3 is 19.7 Å². The highest BCUT2D eigenvalue weighted by molar-refractivity contribution is 5.94. The molecule has 0 radical (unpaired) electrons. The predicted molar refractivity (Wildman–Crippen MR) is 103 cm³/mol. The molecule has 10 nitrogen and oxygen atoms in total. The number of hydrogen-bond donors (Lipinski definition) is 1. The Labute approximate surface area is 168 Å². The van der Waals surface area contributed by atoms with Crippen LogP contribution >= 0.6 is 0 Å². The summed E-state index contributed by atoms with van der Waals surface area (Å²) < 4.78 is 14.3. The van der Waals surface area contributed by atoms with Gasteiger partial charge in [-0.1, -0.05) is 0 Å². The number of aromatic nitrogens is 4. The fourth-order valence-corrected chi connectivity index (χ4v) is 3.77. The number of carbonyl (C=O) groups is 2. The van der Waals surface area contributed by atoms with Crippen molar-refractivity contribution in [3.05, 3.63) is 34.4 Å². The van der Waals surface area contributed by atoms with Crippen molar-refractivity contribution < 1.29 is 19.1 Å². The first-order chi connectivity index (χ1) is 14.0. The van der Waals surface area contributed by atoms with Crippen LogP contribution in [0.2, 0.25) is 0 Å². The third kappa shape index (κ3) is 4.03. The van der Waals surface area contributed by atoms with Crippen LogP contribution in [0.25, 0.3) is 0 Å². The first kappa shape index (κ1) is 19.6. The third-order valence-electron chi connectivity index (χ3n) is 5.24. The van der Waals surface area contributed by atoms with Crippen molar-refractivity contribution in [3.63, 3.8) is 0 Å². The molecular weight excluding hydrogens is 376 g/mol. The topological polar surface area (TPSA) is 104 Å². The molecule has 2 aliphatic heterocycles. The van der Waals surface area contributed by atoms with E-state index >= 15 is 0 Å². The fraction of sp³-hybridized carbons (Fsp3) is 0.579. The lowest BCUT2D eigenvalue weighted by atomic mass is 10.1. The summed E-state index contributed by atoms with van der Waals surface area (Å²) in [6.07, 6.45) is 0.702. The van der Waals surface area contributed by atoms with E-state index in [1.807, 2.05) is 11.6 Å². The van der Waals surface area contributed by atoms with Gasteiger partial charge >= 0.3 is 0 Å². The zero-order valence-corrected chi connectivity index (χ0v) is 16.8. The van der Waals surface area contributed by atoms with Gasteiger partial charge in [0.15, 0.2) is 5.69 Å². The second kappa shape index (κ2) is 8.34. The molecule has 1 N–H and O–H groups in total. The summed E-state index contributed by atoms with van der Waals surface area (Å²) in [5, 5.41) is 11.7. The lowest BCUT2D eigenvalue weighted by Crippen LogP contribution is -2.41.